The van der Waals surface area contributed by atoms with E-state index in [0.717, 1.165) is 12.8 Å². The average molecular weight is 381 g/mol. The monoisotopic (exact) mass is 380 g/mol. The summed E-state index contributed by atoms with van der Waals surface area (Å²) in [6.45, 7) is -0.196. The summed E-state index contributed by atoms with van der Waals surface area (Å²) in [5.41, 5.74) is 0.392. The van der Waals surface area contributed by atoms with Crippen molar-refractivity contribution in [3.8, 4) is 5.75 Å². The minimum atomic E-state index is -3.56. The SMILES string of the molecule is O=C(COc1ccc(Cl)cc1)Nc1cccc(S(=O)(=O)NC2CC2)c1. The fraction of sp³-hybridized carbons (Fsp3) is 0.235. The minimum Gasteiger partial charge on any atom is -0.484 e. The first kappa shape index (κ1) is 17.7. The van der Waals surface area contributed by atoms with E-state index in [0.29, 0.717) is 16.5 Å². The Labute approximate surface area is 151 Å². The Morgan fingerprint density at radius 2 is 1.88 bits per heavy atom. The molecule has 0 aliphatic heterocycles. The number of rotatable bonds is 7. The Hall–Kier alpha value is -2.09. The van der Waals surface area contributed by atoms with Crippen molar-refractivity contribution in [2.75, 3.05) is 11.9 Å². The molecule has 2 aromatic carbocycles. The van der Waals surface area contributed by atoms with Crippen molar-refractivity contribution in [1.82, 2.24) is 4.72 Å². The van der Waals surface area contributed by atoms with Gasteiger partial charge in [0.05, 0.1) is 4.90 Å². The van der Waals surface area contributed by atoms with Crippen molar-refractivity contribution in [1.29, 1.82) is 0 Å². The maximum Gasteiger partial charge on any atom is 0.262 e. The van der Waals surface area contributed by atoms with Gasteiger partial charge in [-0.05, 0) is 55.3 Å². The van der Waals surface area contributed by atoms with E-state index >= 15 is 0 Å². The Balaban J connectivity index is 1.59. The van der Waals surface area contributed by atoms with Crippen LogP contribution in [0.5, 0.6) is 5.75 Å². The van der Waals surface area contributed by atoms with E-state index in [1.54, 1.807) is 36.4 Å². The maximum absolute atomic E-state index is 12.2. The van der Waals surface area contributed by atoms with Crippen molar-refractivity contribution in [3.05, 3.63) is 53.6 Å². The van der Waals surface area contributed by atoms with Gasteiger partial charge in [0.1, 0.15) is 5.75 Å². The van der Waals surface area contributed by atoms with Crippen LogP contribution in [0.1, 0.15) is 12.8 Å². The molecule has 0 radical (unpaired) electrons. The number of hydrogen-bond donors (Lipinski definition) is 2. The topological polar surface area (TPSA) is 84.5 Å². The lowest BCUT2D eigenvalue weighted by Crippen LogP contribution is -2.26. The van der Waals surface area contributed by atoms with E-state index in [9.17, 15) is 13.2 Å². The second kappa shape index (κ2) is 7.43. The Morgan fingerprint density at radius 3 is 2.56 bits per heavy atom. The van der Waals surface area contributed by atoms with Crippen LogP contribution in [0.3, 0.4) is 0 Å². The van der Waals surface area contributed by atoms with E-state index in [1.165, 1.54) is 12.1 Å². The highest BCUT2D eigenvalue weighted by Gasteiger charge is 2.28. The summed E-state index contributed by atoms with van der Waals surface area (Å²) in [4.78, 5) is 12.1. The van der Waals surface area contributed by atoms with Gasteiger partial charge in [0.15, 0.2) is 6.61 Å². The highest BCUT2D eigenvalue weighted by molar-refractivity contribution is 7.89. The summed E-state index contributed by atoms with van der Waals surface area (Å²) >= 11 is 5.78. The summed E-state index contributed by atoms with van der Waals surface area (Å²) in [6.07, 6.45) is 1.72. The maximum atomic E-state index is 12.2. The molecule has 0 heterocycles. The number of benzene rings is 2. The summed E-state index contributed by atoms with van der Waals surface area (Å²) in [5, 5.41) is 3.20. The van der Waals surface area contributed by atoms with E-state index in [-0.39, 0.29) is 23.5 Å². The molecule has 8 heteroatoms. The van der Waals surface area contributed by atoms with Crippen molar-refractivity contribution in [3.63, 3.8) is 0 Å². The number of sulfonamides is 1. The molecule has 0 unspecified atom stereocenters. The molecular formula is C17H17ClN2O4S. The first-order valence-electron chi connectivity index (χ1n) is 7.73. The summed E-state index contributed by atoms with van der Waals surface area (Å²) in [5.74, 6) is 0.129. The lowest BCUT2D eigenvalue weighted by atomic mass is 10.3. The largest absolute Gasteiger partial charge is 0.484 e. The number of amides is 1. The van der Waals surface area contributed by atoms with Gasteiger partial charge in [-0.1, -0.05) is 17.7 Å². The molecule has 3 rings (SSSR count). The number of nitrogens with one attached hydrogen (secondary N) is 2. The van der Waals surface area contributed by atoms with Crippen LogP contribution in [-0.2, 0) is 14.8 Å². The minimum absolute atomic E-state index is 0.0241. The van der Waals surface area contributed by atoms with Gasteiger partial charge in [-0.2, -0.15) is 0 Å². The number of ether oxygens (including phenoxy) is 1. The molecule has 0 atom stereocenters. The van der Waals surface area contributed by atoms with Crippen LogP contribution in [0.25, 0.3) is 0 Å². The van der Waals surface area contributed by atoms with Crippen molar-refractivity contribution in [2.45, 2.75) is 23.8 Å². The second-order valence-electron chi connectivity index (χ2n) is 5.71. The third kappa shape index (κ3) is 5.19. The van der Waals surface area contributed by atoms with Crippen molar-refractivity contribution < 1.29 is 17.9 Å². The first-order valence-corrected chi connectivity index (χ1v) is 9.59. The molecule has 132 valence electrons. The number of carbonyl (C=O) groups is 1. The molecule has 6 nitrogen and oxygen atoms in total. The van der Waals surface area contributed by atoms with Crippen LogP contribution in [-0.4, -0.2) is 27.0 Å². The van der Waals surface area contributed by atoms with Crippen molar-refractivity contribution in [2.24, 2.45) is 0 Å². The quantitative estimate of drug-likeness (QED) is 0.773. The predicted octanol–water partition coefficient (Wildman–Crippen LogP) is 2.80. The van der Waals surface area contributed by atoms with Crippen LogP contribution < -0.4 is 14.8 Å². The van der Waals surface area contributed by atoms with Crippen LogP contribution in [0.4, 0.5) is 5.69 Å². The molecule has 0 saturated heterocycles. The zero-order valence-electron chi connectivity index (χ0n) is 13.2. The molecule has 0 spiro atoms. The zero-order chi connectivity index (χ0) is 17.9. The van der Waals surface area contributed by atoms with Crippen LogP contribution >= 0.6 is 11.6 Å². The van der Waals surface area contributed by atoms with Crippen molar-refractivity contribution >= 4 is 33.2 Å². The average Bonchev–Trinajstić information content (AvgIpc) is 3.38. The van der Waals surface area contributed by atoms with E-state index in [2.05, 4.69) is 10.0 Å². The lowest BCUT2D eigenvalue weighted by Gasteiger charge is -2.10. The molecule has 0 bridgehead atoms. The van der Waals surface area contributed by atoms with E-state index < -0.39 is 10.0 Å². The molecule has 1 aliphatic carbocycles. The lowest BCUT2D eigenvalue weighted by molar-refractivity contribution is -0.118. The molecule has 2 aromatic rings. The fourth-order valence-corrected chi connectivity index (χ4v) is 3.58. The van der Waals surface area contributed by atoms with Gasteiger partial charge in [0.25, 0.3) is 5.91 Å². The molecule has 2 N–H and O–H groups in total. The van der Waals surface area contributed by atoms with Gasteiger partial charge in [0, 0.05) is 16.8 Å². The van der Waals surface area contributed by atoms with Crippen LogP contribution in [0, 0.1) is 0 Å². The molecule has 1 amide bonds. The van der Waals surface area contributed by atoms with Gasteiger partial charge >= 0.3 is 0 Å². The van der Waals surface area contributed by atoms with Crippen LogP contribution in [0.15, 0.2) is 53.4 Å². The van der Waals surface area contributed by atoms with Gasteiger partial charge in [-0.15, -0.1) is 0 Å². The molecule has 1 saturated carbocycles. The predicted molar refractivity (Wildman–Crippen MR) is 95.4 cm³/mol. The smallest absolute Gasteiger partial charge is 0.262 e. The van der Waals surface area contributed by atoms with Crippen LogP contribution in [0.2, 0.25) is 5.02 Å². The normalized spacial score (nSPS) is 14.1. The Bertz CT molecular complexity index is 864. The molecule has 0 aromatic heterocycles. The number of halogens is 1. The highest BCUT2D eigenvalue weighted by Crippen LogP contribution is 2.23. The fourth-order valence-electron chi connectivity index (χ4n) is 2.11. The Kier molecular flexibility index (Phi) is 5.27. The third-order valence-electron chi connectivity index (χ3n) is 3.51. The summed E-state index contributed by atoms with van der Waals surface area (Å²) < 4.78 is 32.4. The van der Waals surface area contributed by atoms with E-state index in [1.807, 2.05) is 0 Å². The highest BCUT2D eigenvalue weighted by atomic mass is 35.5. The number of anilines is 1. The first-order chi connectivity index (χ1) is 11.9. The third-order valence-corrected chi connectivity index (χ3v) is 5.28. The molecule has 1 fully saturated rings. The Morgan fingerprint density at radius 1 is 1.16 bits per heavy atom. The summed E-state index contributed by atoms with van der Waals surface area (Å²) in [6, 6.07) is 12.8. The van der Waals surface area contributed by atoms with Gasteiger partial charge < -0.3 is 10.1 Å². The summed E-state index contributed by atoms with van der Waals surface area (Å²) in [7, 11) is -3.56. The molecule has 1 aliphatic rings. The molecule has 25 heavy (non-hydrogen) atoms. The standard InChI is InChI=1S/C17H17ClN2O4S/c18-12-4-8-15(9-5-12)24-11-17(21)19-14-2-1-3-16(10-14)25(22,23)20-13-6-7-13/h1-5,8-10,13,20H,6-7,11H2,(H,19,21). The van der Waals surface area contributed by atoms with Gasteiger partial charge in [0.2, 0.25) is 10.0 Å². The van der Waals surface area contributed by atoms with Gasteiger partial charge in [-0.25, -0.2) is 13.1 Å². The van der Waals surface area contributed by atoms with E-state index in [4.69, 9.17) is 16.3 Å². The second-order valence-corrected chi connectivity index (χ2v) is 7.86. The molecular weight excluding hydrogens is 364 g/mol. The van der Waals surface area contributed by atoms with Gasteiger partial charge in [-0.3, -0.25) is 4.79 Å². The number of hydrogen-bond acceptors (Lipinski definition) is 4. The zero-order valence-corrected chi connectivity index (χ0v) is 14.8. The number of carbonyl (C=O) groups excluding carboxylic acids is 1.